The summed E-state index contributed by atoms with van der Waals surface area (Å²) < 4.78 is 2.04. The lowest BCUT2D eigenvalue weighted by molar-refractivity contribution is 0.0950. The molecule has 1 heterocycles. The Labute approximate surface area is 135 Å². The van der Waals surface area contributed by atoms with E-state index in [2.05, 4.69) is 26.2 Å². The van der Waals surface area contributed by atoms with Gasteiger partial charge in [0, 0.05) is 10.0 Å². The predicted molar refractivity (Wildman–Crippen MR) is 89.7 cm³/mol. The van der Waals surface area contributed by atoms with E-state index in [1.807, 2.05) is 49.4 Å². The lowest BCUT2D eigenvalue weighted by Gasteiger charge is -2.06. The first kappa shape index (κ1) is 14.2. The average Bonchev–Trinajstić information content (AvgIpc) is 2.90. The van der Waals surface area contributed by atoms with Gasteiger partial charge in [-0.15, -0.1) is 11.3 Å². The molecule has 0 bridgehead atoms. The van der Waals surface area contributed by atoms with Gasteiger partial charge in [0.05, 0.1) is 16.8 Å². The topological polar surface area (TPSA) is 42.0 Å². The number of rotatable bonds is 3. The van der Waals surface area contributed by atoms with E-state index in [1.54, 1.807) is 11.3 Å². The number of carbonyl (C=O) groups is 1. The maximum Gasteiger partial charge on any atom is 0.251 e. The van der Waals surface area contributed by atoms with E-state index in [0.29, 0.717) is 12.1 Å². The number of fused-ring (bicyclic) bond motifs is 1. The Hall–Kier alpha value is -1.72. The number of aryl methyl sites for hydroxylation is 1. The third-order valence-electron chi connectivity index (χ3n) is 3.18. The molecule has 3 aromatic rings. The van der Waals surface area contributed by atoms with E-state index in [0.717, 1.165) is 25.3 Å². The molecule has 0 aliphatic heterocycles. The Morgan fingerprint density at radius 1 is 1.29 bits per heavy atom. The molecule has 5 heteroatoms. The number of thiazole rings is 1. The monoisotopic (exact) mass is 360 g/mol. The summed E-state index contributed by atoms with van der Waals surface area (Å²) in [5.74, 6) is -0.0759. The molecular formula is C16H13BrN2OS. The summed E-state index contributed by atoms with van der Waals surface area (Å²) in [7, 11) is 0. The molecule has 0 saturated carbocycles. The smallest absolute Gasteiger partial charge is 0.251 e. The van der Waals surface area contributed by atoms with Crippen LogP contribution in [-0.4, -0.2) is 10.9 Å². The molecule has 0 aliphatic carbocycles. The number of para-hydroxylation sites is 1. The van der Waals surface area contributed by atoms with Crippen molar-refractivity contribution in [3.8, 4) is 0 Å². The maximum atomic E-state index is 12.3. The molecule has 0 aliphatic rings. The fraction of sp³-hybridized carbons (Fsp3) is 0.125. The van der Waals surface area contributed by atoms with Crippen molar-refractivity contribution in [2.75, 3.05) is 0 Å². The van der Waals surface area contributed by atoms with E-state index >= 15 is 0 Å². The highest BCUT2D eigenvalue weighted by molar-refractivity contribution is 9.10. The van der Waals surface area contributed by atoms with Crippen molar-refractivity contribution in [2.24, 2.45) is 0 Å². The zero-order valence-corrected chi connectivity index (χ0v) is 13.8. The van der Waals surface area contributed by atoms with Crippen LogP contribution in [0.15, 0.2) is 46.9 Å². The second-order valence-electron chi connectivity index (χ2n) is 4.72. The molecule has 1 aromatic heterocycles. The van der Waals surface area contributed by atoms with Crippen LogP contribution in [0.2, 0.25) is 0 Å². The second kappa shape index (κ2) is 5.95. The Balaban J connectivity index is 1.74. The molecule has 0 saturated heterocycles. The lowest BCUT2D eigenvalue weighted by atomic mass is 10.1. The number of halogens is 1. The number of amides is 1. The van der Waals surface area contributed by atoms with Crippen molar-refractivity contribution in [2.45, 2.75) is 13.5 Å². The quantitative estimate of drug-likeness (QED) is 0.756. The minimum Gasteiger partial charge on any atom is -0.346 e. The molecule has 3 rings (SSSR count). The normalized spacial score (nSPS) is 10.8. The van der Waals surface area contributed by atoms with Gasteiger partial charge in [-0.2, -0.15) is 0 Å². The summed E-state index contributed by atoms with van der Waals surface area (Å²) in [6.07, 6.45) is 0. The van der Waals surface area contributed by atoms with Gasteiger partial charge in [0.25, 0.3) is 5.91 Å². The minimum absolute atomic E-state index is 0.0759. The first-order valence-corrected chi connectivity index (χ1v) is 8.13. The van der Waals surface area contributed by atoms with Crippen LogP contribution in [0.25, 0.3) is 10.2 Å². The van der Waals surface area contributed by atoms with Gasteiger partial charge < -0.3 is 5.32 Å². The molecule has 21 heavy (non-hydrogen) atoms. The number of carbonyl (C=O) groups excluding carboxylic acids is 1. The van der Waals surface area contributed by atoms with Crippen LogP contribution in [-0.2, 0) is 6.54 Å². The van der Waals surface area contributed by atoms with E-state index in [9.17, 15) is 4.79 Å². The fourth-order valence-electron chi connectivity index (χ4n) is 2.09. The van der Waals surface area contributed by atoms with Gasteiger partial charge in [-0.3, -0.25) is 4.79 Å². The van der Waals surface area contributed by atoms with Gasteiger partial charge in [-0.1, -0.05) is 34.1 Å². The first-order chi connectivity index (χ1) is 10.1. The molecular weight excluding hydrogens is 348 g/mol. The first-order valence-electron chi connectivity index (χ1n) is 6.52. The van der Waals surface area contributed by atoms with Crippen molar-refractivity contribution in [3.05, 3.63) is 63.1 Å². The average molecular weight is 361 g/mol. The number of nitrogens with one attached hydrogen (secondary N) is 1. The van der Waals surface area contributed by atoms with E-state index in [-0.39, 0.29) is 5.91 Å². The molecule has 0 fully saturated rings. The van der Waals surface area contributed by atoms with Crippen molar-refractivity contribution in [3.63, 3.8) is 0 Å². The molecule has 0 radical (unpaired) electrons. The maximum absolute atomic E-state index is 12.3. The van der Waals surface area contributed by atoms with Gasteiger partial charge in [-0.25, -0.2) is 4.98 Å². The van der Waals surface area contributed by atoms with Crippen molar-refractivity contribution < 1.29 is 4.79 Å². The highest BCUT2D eigenvalue weighted by Crippen LogP contribution is 2.21. The number of hydrogen-bond acceptors (Lipinski definition) is 3. The van der Waals surface area contributed by atoms with Gasteiger partial charge in [0.1, 0.15) is 5.01 Å². The summed E-state index contributed by atoms with van der Waals surface area (Å²) in [4.78, 5) is 16.8. The Bertz CT molecular complexity index is 780. The number of benzene rings is 2. The number of aromatic nitrogens is 1. The number of nitrogens with zero attached hydrogens (tertiary/aromatic N) is 1. The van der Waals surface area contributed by atoms with Crippen LogP contribution in [0, 0.1) is 6.92 Å². The second-order valence-corrected chi connectivity index (χ2v) is 6.75. The third-order valence-corrected chi connectivity index (χ3v) is 4.71. The zero-order chi connectivity index (χ0) is 14.8. The predicted octanol–water partition coefficient (Wildman–Crippen LogP) is 4.30. The summed E-state index contributed by atoms with van der Waals surface area (Å²) >= 11 is 5.00. The molecule has 1 amide bonds. The highest BCUT2D eigenvalue weighted by atomic mass is 79.9. The summed E-state index contributed by atoms with van der Waals surface area (Å²) in [5, 5.41) is 3.85. The van der Waals surface area contributed by atoms with Crippen molar-refractivity contribution >= 4 is 43.4 Å². The Morgan fingerprint density at radius 3 is 2.90 bits per heavy atom. The van der Waals surface area contributed by atoms with Crippen LogP contribution in [0.3, 0.4) is 0 Å². The molecule has 3 nitrogen and oxygen atoms in total. The minimum atomic E-state index is -0.0759. The van der Waals surface area contributed by atoms with Crippen LogP contribution in [0.1, 0.15) is 20.9 Å². The van der Waals surface area contributed by atoms with Crippen LogP contribution < -0.4 is 5.32 Å². The fourth-order valence-corrected chi connectivity index (χ4v) is 3.35. The van der Waals surface area contributed by atoms with Gasteiger partial charge in [-0.05, 0) is 36.8 Å². The van der Waals surface area contributed by atoms with Crippen LogP contribution in [0.5, 0.6) is 0 Å². The van der Waals surface area contributed by atoms with E-state index < -0.39 is 0 Å². The largest absolute Gasteiger partial charge is 0.346 e. The van der Waals surface area contributed by atoms with Crippen LogP contribution >= 0.6 is 27.3 Å². The van der Waals surface area contributed by atoms with Gasteiger partial charge >= 0.3 is 0 Å². The summed E-state index contributed by atoms with van der Waals surface area (Å²) in [6.45, 7) is 2.38. The molecule has 0 atom stereocenters. The summed E-state index contributed by atoms with van der Waals surface area (Å²) in [6, 6.07) is 13.7. The molecule has 0 unspecified atom stereocenters. The van der Waals surface area contributed by atoms with Crippen molar-refractivity contribution in [1.29, 1.82) is 0 Å². The summed E-state index contributed by atoms with van der Waals surface area (Å²) in [5.41, 5.74) is 2.62. The van der Waals surface area contributed by atoms with Crippen LogP contribution in [0.4, 0.5) is 0 Å². The Morgan fingerprint density at radius 2 is 2.10 bits per heavy atom. The van der Waals surface area contributed by atoms with Gasteiger partial charge in [0.15, 0.2) is 0 Å². The third kappa shape index (κ3) is 3.14. The molecule has 1 N–H and O–H groups in total. The zero-order valence-electron chi connectivity index (χ0n) is 11.4. The SMILES string of the molecule is Cc1ccc(Br)cc1C(=O)NCc1nc2ccccc2s1. The van der Waals surface area contributed by atoms with Gasteiger partial charge in [0.2, 0.25) is 0 Å². The molecule has 0 spiro atoms. The standard InChI is InChI=1S/C16H13BrN2OS/c1-10-6-7-11(17)8-12(10)16(20)18-9-15-19-13-4-2-3-5-14(13)21-15/h2-8H,9H2,1H3,(H,18,20). The lowest BCUT2D eigenvalue weighted by Crippen LogP contribution is -2.23. The highest BCUT2D eigenvalue weighted by Gasteiger charge is 2.10. The Kier molecular flexibility index (Phi) is 4.03. The van der Waals surface area contributed by atoms with E-state index in [4.69, 9.17) is 0 Å². The molecule has 2 aromatic carbocycles. The van der Waals surface area contributed by atoms with Crippen molar-refractivity contribution in [1.82, 2.24) is 10.3 Å². The van der Waals surface area contributed by atoms with E-state index in [1.165, 1.54) is 0 Å². The molecule has 106 valence electrons. The number of hydrogen-bond donors (Lipinski definition) is 1.